The lowest BCUT2D eigenvalue weighted by Gasteiger charge is -2.31. The molecule has 0 bridgehead atoms. The van der Waals surface area contributed by atoms with E-state index in [2.05, 4.69) is 5.32 Å². The molecular formula is C11H14F2N2O2S. The summed E-state index contributed by atoms with van der Waals surface area (Å²) < 4.78 is 51.9. The maximum Gasteiger partial charge on any atom is 0.246 e. The van der Waals surface area contributed by atoms with Gasteiger partial charge in [-0.25, -0.2) is 17.2 Å². The van der Waals surface area contributed by atoms with Crippen LogP contribution in [-0.2, 0) is 10.0 Å². The topological polar surface area (TPSA) is 49.4 Å². The molecule has 2 rings (SSSR count). The van der Waals surface area contributed by atoms with Crippen molar-refractivity contribution in [2.75, 3.05) is 19.6 Å². The van der Waals surface area contributed by atoms with Crippen LogP contribution in [0.15, 0.2) is 23.1 Å². The standard InChI is InChI=1S/C11H14F2N2O2S/c1-8-7-15(5-4-14-8)18(16,17)11-3-2-9(12)6-10(11)13/h2-3,6,8,14H,4-5,7H2,1H3/t8-/m1/s1. The molecule has 0 radical (unpaired) electrons. The Morgan fingerprint density at radius 2 is 2.11 bits per heavy atom. The van der Waals surface area contributed by atoms with Crippen molar-refractivity contribution in [2.45, 2.75) is 17.9 Å². The monoisotopic (exact) mass is 276 g/mol. The Morgan fingerprint density at radius 1 is 1.39 bits per heavy atom. The Labute approximate surface area is 105 Å². The van der Waals surface area contributed by atoms with E-state index < -0.39 is 26.6 Å². The van der Waals surface area contributed by atoms with Gasteiger partial charge in [0.2, 0.25) is 10.0 Å². The van der Waals surface area contributed by atoms with Crippen molar-refractivity contribution in [3.63, 3.8) is 0 Å². The predicted molar refractivity (Wildman–Crippen MR) is 62.6 cm³/mol. The number of hydrogen-bond acceptors (Lipinski definition) is 3. The Bertz CT molecular complexity index is 548. The first-order valence-electron chi connectivity index (χ1n) is 5.60. The van der Waals surface area contributed by atoms with Crippen molar-refractivity contribution in [1.82, 2.24) is 9.62 Å². The smallest absolute Gasteiger partial charge is 0.246 e. The molecule has 1 atom stereocenters. The van der Waals surface area contributed by atoms with E-state index in [1.807, 2.05) is 6.92 Å². The second kappa shape index (κ2) is 4.91. The minimum atomic E-state index is -3.89. The Hall–Kier alpha value is -1.05. The van der Waals surface area contributed by atoms with E-state index in [0.717, 1.165) is 12.1 Å². The highest BCUT2D eigenvalue weighted by molar-refractivity contribution is 7.89. The first-order chi connectivity index (χ1) is 8.41. The Balaban J connectivity index is 2.35. The van der Waals surface area contributed by atoms with E-state index in [1.54, 1.807) is 0 Å². The fourth-order valence-corrected chi connectivity index (χ4v) is 3.51. The highest BCUT2D eigenvalue weighted by Gasteiger charge is 2.30. The van der Waals surface area contributed by atoms with E-state index in [-0.39, 0.29) is 19.1 Å². The van der Waals surface area contributed by atoms with Crippen molar-refractivity contribution in [1.29, 1.82) is 0 Å². The molecule has 0 spiro atoms. The fraction of sp³-hybridized carbons (Fsp3) is 0.455. The molecular weight excluding hydrogens is 262 g/mol. The summed E-state index contributed by atoms with van der Waals surface area (Å²) in [7, 11) is -3.89. The maximum absolute atomic E-state index is 13.5. The average Bonchev–Trinajstić information content (AvgIpc) is 2.28. The van der Waals surface area contributed by atoms with Crippen LogP contribution in [0.2, 0.25) is 0 Å². The van der Waals surface area contributed by atoms with Crippen LogP contribution in [0.4, 0.5) is 8.78 Å². The number of hydrogen-bond donors (Lipinski definition) is 1. The van der Waals surface area contributed by atoms with E-state index in [1.165, 1.54) is 4.31 Å². The molecule has 0 aliphatic carbocycles. The van der Waals surface area contributed by atoms with Gasteiger partial charge in [0.25, 0.3) is 0 Å². The van der Waals surface area contributed by atoms with E-state index in [4.69, 9.17) is 0 Å². The number of rotatable bonds is 2. The lowest BCUT2D eigenvalue weighted by molar-refractivity contribution is 0.309. The van der Waals surface area contributed by atoms with Gasteiger partial charge in [-0.2, -0.15) is 4.31 Å². The summed E-state index contributed by atoms with van der Waals surface area (Å²) in [5.74, 6) is -1.85. The number of halogens is 2. The van der Waals surface area contributed by atoms with Crippen molar-refractivity contribution in [2.24, 2.45) is 0 Å². The third-order valence-electron chi connectivity index (χ3n) is 2.84. The third-order valence-corrected chi connectivity index (χ3v) is 4.74. The second-order valence-corrected chi connectivity index (χ2v) is 6.20. The van der Waals surface area contributed by atoms with Crippen LogP contribution in [0.25, 0.3) is 0 Å². The van der Waals surface area contributed by atoms with Crippen LogP contribution in [0.3, 0.4) is 0 Å². The van der Waals surface area contributed by atoms with Crippen LogP contribution >= 0.6 is 0 Å². The average molecular weight is 276 g/mol. The zero-order valence-electron chi connectivity index (χ0n) is 9.86. The Kier molecular flexibility index (Phi) is 3.65. The van der Waals surface area contributed by atoms with Crippen LogP contribution in [-0.4, -0.2) is 38.4 Å². The molecule has 1 N–H and O–H groups in total. The minimum absolute atomic E-state index is 0.0111. The van der Waals surface area contributed by atoms with Gasteiger partial charge in [0.1, 0.15) is 16.5 Å². The predicted octanol–water partition coefficient (Wildman–Crippen LogP) is 0.947. The molecule has 0 unspecified atom stereocenters. The van der Waals surface area contributed by atoms with Crippen molar-refractivity contribution in [3.05, 3.63) is 29.8 Å². The minimum Gasteiger partial charge on any atom is -0.312 e. The van der Waals surface area contributed by atoms with E-state index >= 15 is 0 Å². The van der Waals surface area contributed by atoms with Gasteiger partial charge in [-0.1, -0.05) is 0 Å². The SMILES string of the molecule is C[C@@H]1CN(S(=O)(=O)c2ccc(F)cc2F)CCN1. The number of nitrogens with one attached hydrogen (secondary N) is 1. The van der Waals surface area contributed by atoms with Gasteiger partial charge < -0.3 is 5.32 Å². The molecule has 100 valence electrons. The quantitative estimate of drug-likeness (QED) is 0.875. The molecule has 18 heavy (non-hydrogen) atoms. The zero-order chi connectivity index (χ0) is 13.3. The van der Waals surface area contributed by atoms with Gasteiger partial charge in [-0.3, -0.25) is 0 Å². The maximum atomic E-state index is 13.5. The molecule has 0 amide bonds. The number of nitrogens with zero attached hydrogens (tertiary/aromatic N) is 1. The molecule has 1 aliphatic heterocycles. The molecule has 1 saturated heterocycles. The van der Waals surface area contributed by atoms with Gasteiger partial charge >= 0.3 is 0 Å². The fourth-order valence-electron chi connectivity index (χ4n) is 1.94. The van der Waals surface area contributed by atoms with E-state index in [9.17, 15) is 17.2 Å². The largest absolute Gasteiger partial charge is 0.312 e. The first kappa shape index (κ1) is 13.4. The van der Waals surface area contributed by atoms with Crippen LogP contribution in [0.5, 0.6) is 0 Å². The lowest BCUT2D eigenvalue weighted by Crippen LogP contribution is -2.51. The highest BCUT2D eigenvalue weighted by Crippen LogP contribution is 2.21. The molecule has 1 aromatic carbocycles. The van der Waals surface area contributed by atoms with Crippen LogP contribution in [0.1, 0.15) is 6.92 Å². The first-order valence-corrected chi connectivity index (χ1v) is 7.04. The van der Waals surface area contributed by atoms with Gasteiger partial charge in [0, 0.05) is 31.7 Å². The number of sulfonamides is 1. The Morgan fingerprint density at radius 3 is 2.72 bits per heavy atom. The van der Waals surface area contributed by atoms with E-state index in [0.29, 0.717) is 12.6 Å². The highest BCUT2D eigenvalue weighted by atomic mass is 32.2. The summed E-state index contributed by atoms with van der Waals surface area (Å²) in [6.45, 7) is 2.93. The molecule has 0 aromatic heterocycles. The summed E-state index contributed by atoms with van der Waals surface area (Å²) in [6, 6.07) is 2.50. The summed E-state index contributed by atoms with van der Waals surface area (Å²) in [5.41, 5.74) is 0. The molecule has 1 heterocycles. The summed E-state index contributed by atoms with van der Waals surface area (Å²) in [6.07, 6.45) is 0. The number of piperazine rings is 1. The third kappa shape index (κ3) is 2.52. The molecule has 1 aliphatic rings. The molecule has 0 saturated carbocycles. The van der Waals surface area contributed by atoms with Gasteiger partial charge in [-0.05, 0) is 19.1 Å². The number of benzene rings is 1. The van der Waals surface area contributed by atoms with Crippen molar-refractivity contribution >= 4 is 10.0 Å². The van der Waals surface area contributed by atoms with Gasteiger partial charge in [0.05, 0.1) is 0 Å². The molecule has 1 fully saturated rings. The van der Waals surface area contributed by atoms with Crippen molar-refractivity contribution in [3.8, 4) is 0 Å². The lowest BCUT2D eigenvalue weighted by atomic mass is 10.3. The van der Waals surface area contributed by atoms with Crippen molar-refractivity contribution < 1.29 is 17.2 Å². The summed E-state index contributed by atoms with van der Waals surface area (Å²) in [5, 5.41) is 3.10. The summed E-state index contributed by atoms with van der Waals surface area (Å²) >= 11 is 0. The van der Waals surface area contributed by atoms with Crippen LogP contribution < -0.4 is 5.32 Å². The van der Waals surface area contributed by atoms with Crippen LogP contribution in [0, 0.1) is 11.6 Å². The normalized spacial score (nSPS) is 22.1. The van der Waals surface area contributed by atoms with Gasteiger partial charge in [0.15, 0.2) is 0 Å². The molecule has 1 aromatic rings. The summed E-state index contributed by atoms with van der Waals surface area (Å²) in [4.78, 5) is -0.474. The zero-order valence-corrected chi connectivity index (χ0v) is 10.7. The second-order valence-electron chi connectivity index (χ2n) is 4.29. The molecule has 7 heteroatoms. The molecule has 4 nitrogen and oxygen atoms in total. The van der Waals surface area contributed by atoms with Gasteiger partial charge in [-0.15, -0.1) is 0 Å².